The lowest BCUT2D eigenvalue weighted by molar-refractivity contribution is 0.188. The number of benzene rings is 1. The first kappa shape index (κ1) is 15.6. The van der Waals surface area contributed by atoms with Crippen molar-refractivity contribution in [3.05, 3.63) is 35.4 Å². The van der Waals surface area contributed by atoms with E-state index in [1.54, 1.807) is 0 Å². The molecule has 0 bridgehead atoms. The first-order chi connectivity index (χ1) is 9.36. The van der Waals surface area contributed by atoms with Gasteiger partial charge in [0, 0.05) is 13.1 Å². The van der Waals surface area contributed by atoms with E-state index in [0.29, 0.717) is 0 Å². The SMILES string of the molecule is CC(C)CN1CCCC(c2ccc(C(C)(C)C)cc2)C1. The van der Waals surface area contributed by atoms with E-state index in [1.165, 1.54) is 43.6 Å². The lowest BCUT2D eigenvalue weighted by atomic mass is 9.84. The summed E-state index contributed by atoms with van der Waals surface area (Å²) >= 11 is 0. The largest absolute Gasteiger partial charge is 0.302 e. The van der Waals surface area contributed by atoms with Crippen molar-refractivity contribution in [2.45, 2.75) is 58.8 Å². The molecular weight excluding hydrogens is 242 g/mol. The molecule has 0 amide bonds. The Morgan fingerprint density at radius 1 is 1.15 bits per heavy atom. The maximum atomic E-state index is 2.65. The van der Waals surface area contributed by atoms with Gasteiger partial charge in [0.25, 0.3) is 0 Å². The van der Waals surface area contributed by atoms with Gasteiger partial charge in [0.05, 0.1) is 0 Å². The summed E-state index contributed by atoms with van der Waals surface area (Å²) in [7, 11) is 0. The van der Waals surface area contributed by atoms with Crippen LogP contribution < -0.4 is 0 Å². The molecule has 1 unspecified atom stereocenters. The summed E-state index contributed by atoms with van der Waals surface area (Å²) < 4.78 is 0. The van der Waals surface area contributed by atoms with Crippen molar-refractivity contribution in [3.63, 3.8) is 0 Å². The van der Waals surface area contributed by atoms with E-state index in [1.807, 2.05) is 0 Å². The molecule has 0 aliphatic carbocycles. The zero-order chi connectivity index (χ0) is 14.8. The van der Waals surface area contributed by atoms with Crippen molar-refractivity contribution in [3.8, 4) is 0 Å². The van der Waals surface area contributed by atoms with Gasteiger partial charge in [-0.15, -0.1) is 0 Å². The molecule has 1 atom stereocenters. The molecule has 112 valence electrons. The van der Waals surface area contributed by atoms with Crippen molar-refractivity contribution in [2.75, 3.05) is 19.6 Å². The molecule has 0 aromatic heterocycles. The minimum atomic E-state index is 0.259. The lowest BCUT2D eigenvalue weighted by Crippen LogP contribution is -2.36. The van der Waals surface area contributed by atoms with Crippen LogP contribution in [0.4, 0.5) is 0 Å². The normalized spacial score (nSPS) is 21.4. The number of likely N-dealkylation sites (tertiary alicyclic amines) is 1. The Morgan fingerprint density at radius 2 is 1.80 bits per heavy atom. The predicted octanol–water partition coefficient (Wildman–Crippen LogP) is 4.82. The van der Waals surface area contributed by atoms with Crippen molar-refractivity contribution in [1.29, 1.82) is 0 Å². The number of piperidine rings is 1. The molecule has 20 heavy (non-hydrogen) atoms. The van der Waals surface area contributed by atoms with E-state index in [0.717, 1.165) is 11.8 Å². The second kappa shape index (κ2) is 6.30. The fraction of sp³-hybridized carbons (Fsp3) is 0.684. The summed E-state index contributed by atoms with van der Waals surface area (Å²) in [5.74, 6) is 1.51. The maximum Gasteiger partial charge on any atom is 0.00504 e. The van der Waals surface area contributed by atoms with Crippen LogP contribution >= 0.6 is 0 Å². The summed E-state index contributed by atoms with van der Waals surface area (Å²) in [6.07, 6.45) is 2.70. The average molecular weight is 273 g/mol. The van der Waals surface area contributed by atoms with Crippen molar-refractivity contribution in [2.24, 2.45) is 5.92 Å². The number of hydrogen-bond donors (Lipinski definition) is 0. The molecule has 1 fully saturated rings. The van der Waals surface area contributed by atoms with Crippen LogP contribution in [-0.4, -0.2) is 24.5 Å². The summed E-state index contributed by atoms with van der Waals surface area (Å²) in [5, 5.41) is 0. The van der Waals surface area contributed by atoms with Gasteiger partial charge in [-0.1, -0.05) is 58.9 Å². The molecule has 1 aliphatic heterocycles. The van der Waals surface area contributed by atoms with Gasteiger partial charge in [0.2, 0.25) is 0 Å². The van der Waals surface area contributed by atoms with Gasteiger partial charge in [0.15, 0.2) is 0 Å². The van der Waals surface area contributed by atoms with E-state index in [-0.39, 0.29) is 5.41 Å². The molecule has 1 nitrogen and oxygen atoms in total. The maximum absolute atomic E-state index is 2.65. The highest BCUT2D eigenvalue weighted by atomic mass is 15.1. The zero-order valence-corrected chi connectivity index (χ0v) is 13.9. The molecular formula is C19H31N. The summed E-state index contributed by atoms with van der Waals surface area (Å²) in [6.45, 7) is 15.3. The van der Waals surface area contributed by atoms with Gasteiger partial charge in [-0.25, -0.2) is 0 Å². The smallest absolute Gasteiger partial charge is 0.00504 e. The summed E-state index contributed by atoms with van der Waals surface area (Å²) in [6, 6.07) is 9.39. The minimum Gasteiger partial charge on any atom is -0.302 e. The van der Waals surface area contributed by atoms with Crippen LogP contribution in [0.25, 0.3) is 0 Å². The van der Waals surface area contributed by atoms with Gasteiger partial charge in [-0.05, 0) is 47.8 Å². The lowest BCUT2D eigenvalue weighted by Gasteiger charge is -2.34. The first-order valence-corrected chi connectivity index (χ1v) is 8.19. The molecule has 1 heteroatoms. The van der Waals surface area contributed by atoms with Gasteiger partial charge < -0.3 is 4.90 Å². The van der Waals surface area contributed by atoms with Crippen LogP contribution in [0, 0.1) is 5.92 Å². The van der Waals surface area contributed by atoms with Crippen molar-refractivity contribution in [1.82, 2.24) is 4.90 Å². The highest BCUT2D eigenvalue weighted by molar-refractivity contribution is 5.30. The highest BCUT2D eigenvalue weighted by Gasteiger charge is 2.22. The monoisotopic (exact) mass is 273 g/mol. The fourth-order valence-electron chi connectivity index (χ4n) is 3.27. The van der Waals surface area contributed by atoms with Crippen LogP contribution in [-0.2, 0) is 5.41 Å². The molecule has 0 N–H and O–H groups in total. The second-order valence-corrected chi connectivity index (χ2v) is 7.86. The number of hydrogen-bond acceptors (Lipinski definition) is 1. The Balaban J connectivity index is 2.04. The number of nitrogens with zero attached hydrogens (tertiary/aromatic N) is 1. The molecule has 1 heterocycles. The van der Waals surface area contributed by atoms with Gasteiger partial charge in [0.1, 0.15) is 0 Å². The topological polar surface area (TPSA) is 3.24 Å². The van der Waals surface area contributed by atoms with Crippen LogP contribution in [0.2, 0.25) is 0 Å². The Hall–Kier alpha value is -0.820. The molecule has 1 aromatic rings. The molecule has 0 saturated carbocycles. The van der Waals surface area contributed by atoms with E-state index in [2.05, 4.69) is 63.8 Å². The molecule has 1 saturated heterocycles. The number of rotatable bonds is 3. The first-order valence-electron chi connectivity index (χ1n) is 8.19. The Labute approximate surface area is 125 Å². The third kappa shape index (κ3) is 4.09. The Kier molecular flexibility index (Phi) is 4.90. The quantitative estimate of drug-likeness (QED) is 0.763. The van der Waals surface area contributed by atoms with Crippen molar-refractivity contribution < 1.29 is 0 Å². The van der Waals surface area contributed by atoms with Crippen LogP contribution in [0.1, 0.15) is 64.5 Å². The molecule has 0 radical (unpaired) electrons. The van der Waals surface area contributed by atoms with E-state index >= 15 is 0 Å². The molecule has 2 rings (SSSR count). The van der Waals surface area contributed by atoms with Gasteiger partial charge in [-0.2, -0.15) is 0 Å². The molecule has 1 aliphatic rings. The van der Waals surface area contributed by atoms with E-state index in [4.69, 9.17) is 0 Å². The third-order valence-electron chi connectivity index (χ3n) is 4.38. The second-order valence-electron chi connectivity index (χ2n) is 7.86. The predicted molar refractivity (Wildman–Crippen MR) is 88.4 cm³/mol. The van der Waals surface area contributed by atoms with Crippen LogP contribution in [0.3, 0.4) is 0 Å². The minimum absolute atomic E-state index is 0.259. The summed E-state index contributed by atoms with van der Waals surface area (Å²) in [4.78, 5) is 2.65. The van der Waals surface area contributed by atoms with Crippen molar-refractivity contribution >= 4 is 0 Å². The highest BCUT2D eigenvalue weighted by Crippen LogP contribution is 2.29. The fourth-order valence-corrected chi connectivity index (χ4v) is 3.27. The summed E-state index contributed by atoms with van der Waals surface area (Å²) in [5.41, 5.74) is 3.23. The van der Waals surface area contributed by atoms with E-state index < -0.39 is 0 Å². The van der Waals surface area contributed by atoms with Crippen LogP contribution in [0.5, 0.6) is 0 Å². The Bertz CT molecular complexity index is 410. The Morgan fingerprint density at radius 3 is 2.35 bits per heavy atom. The standard InChI is InChI=1S/C19H31N/c1-15(2)13-20-12-6-7-17(14-20)16-8-10-18(11-9-16)19(3,4)5/h8-11,15,17H,6-7,12-14H2,1-5H3. The van der Waals surface area contributed by atoms with Crippen LogP contribution in [0.15, 0.2) is 24.3 Å². The molecule has 1 aromatic carbocycles. The zero-order valence-electron chi connectivity index (χ0n) is 13.9. The van der Waals surface area contributed by atoms with Gasteiger partial charge in [-0.3, -0.25) is 0 Å². The van der Waals surface area contributed by atoms with Gasteiger partial charge >= 0.3 is 0 Å². The third-order valence-corrected chi connectivity index (χ3v) is 4.38. The average Bonchev–Trinajstić information content (AvgIpc) is 2.37. The molecule has 0 spiro atoms. The van der Waals surface area contributed by atoms with E-state index in [9.17, 15) is 0 Å².